The molecular formula is C16H24IN3. The average Bonchev–Trinajstić information content (AvgIpc) is 2.92. The Balaban J connectivity index is 0.00000200. The average molecular weight is 385 g/mol. The van der Waals surface area contributed by atoms with Crippen LogP contribution in [-0.2, 0) is 6.42 Å². The van der Waals surface area contributed by atoms with E-state index in [0.717, 1.165) is 31.8 Å². The van der Waals surface area contributed by atoms with Crippen molar-refractivity contribution in [2.24, 2.45) is 4.99 Å². The van der Waals surface area contributed by atoms with Gasteiger partial charge in [-0.2, -0.15) is 0 Å². The molecule has 110 valence electrons. The van der Waals surface area contributed by atoms with E-state index >= 15 is 0 Å². The molecule has 20 heavy (non-hydrogen) atoms. The van der Waals surface area contributed by atoms with Crippen LogP contribution in [0.3, 0.4) is 0 Å². The molecule has 1 aliphatic rings. The standard InChI is InChI=1S/C16H23N3.HI/c1-13-7-3-4-8-14(13)11-12-18-16(17-2)19-15-9-5-6-10-15;/h3-8,15H,9-12H2,1-2H3,(H2,17,18,19);1H. The molecule has 0 fully saturated rings. The first-order valence-electron chi connectivity index (χ1n) is 6.96. The predicted molar refractivity (Wildman–Crippen MR) is 97.0 cm³/mol. The summed E-state index contributed by atoms with van der Waals surface area (Å²) in [6.45, 7) is 3.07. The molecule has 0 amide bonds. The predicted octanol–water partition coefficient (Wildman–Crippen LogP) is 3.04. The van der Waals surface area contributed by atoms with Crippen LogP contribution in [0.1, 0.15) is 24.0 Å². The van der Waals surface area contributed by atoms with Crippen molar-refractivity contribution < 1.29 is 0 Å². The van der Waals surface area contributed by atoms with Gasteiger partial charge in [0.1, 0.15) is 0 Å². The van der Waals surface area contributed by atoms with Gasteiger partial charge in [-0.25, -0.2) is 0 Å². The quantitative estimate of drug-likeness (QED) is 0.362. The summed E-state index contributed by atoms with van der Waals surface area (Å²) < 4.78 is 0. The van der Waals surface area contributed by atoms with E-state index in [4.69, 9.17) is 0 Å². The van der Waals surface area contributed by atoms with Crippen molar-refractivity contribution in [3.8, 4) is 0 Å². The minimum atomic E-state index is 0. The van der Waals surface area contributed by atoms with Crippen LogP contribution in [0.25, 0.3) is 0 Å². The lowest BCUT2D eigenvalue weighted by Crippen LogP contribution is -2.43. The molecule has 1 aliphatic carbocycles. The van der Waals surface area contributed by atoms with Crippen molar-refractivity contribution in [3.05, 3.63) is 47.5 Å². The second kappa shape index (κ2) is 9.00. The first-order valence-corrected chi connectivity index (χ1v) is 6.96. The fraction of sp³-hybridized carbons (Fsp3) is 0.438. The molecule has 0 atom stereocenters. The number of hydrogen-bond acceptors (Lipinski definition) is 1. The van der Waals surface area contributed by atoms with Gasteiger partial charge in [-0.3, -0.25) is 4.99 Å². The normalized spacial score (nSPS) is 15.0. The van der Waals surface area contributed by atoms with Gasteiger partial charge in [0.2, 0.25) is 0 Å². The molecule has 3 nitrogen and oxygen atoms in total. The maximum Gasteiger partial charge on any atom is 0.191 e. The minimum absolute atomic E-state index is 0. The summed E-state index contributed by atoms with van der Waals surface area (Å²) in [7, 11) is 1.82. The SMILES string of the molecule is CN=C(NCCc1ccccc1C)NC1CC=CC1.I. The molecule has 0 saturated carbocycles. The summed E-state index contributed by atoms with van der Waals surface area (Å²) in [5, 5.41) is 6.83. The number of hydrogen-bond donors (Lipinski definition) is 2. The Kier molecular flexibility index (Phi) is 7.65. The van der Waals surface area contributed by atoms with Crippen molar-refractivity contribution >= 4 is 29.9 Å². The van der Waals surface area contributed by atoms with Crippen LogP contribution in [0.4, 0.5) is 0 Å². The molecule has 0 aromatic heterocycles. The third-order valence-electron chi connectivity index (χ3n) is 3.52. The minimum Gasteiger partial charge on any atom is -0.356 e. The van der Waals surface area contributed by atoms with Gasteiger partial charge in [-0.05, 0) is 37.3 Å². The highest BCUT2D eigenvalue weighted by atomic mass is 127. The third kappa shape index (κ3) is 5.15. The van der Waals surface area contributed by atoms with Crippen molar-refractivity contribution in [1.82, 2.24) is 10.6 Å². The number of rotatable bonds is 4. The van der Waals surface area contributed by atoms with Crippen molar-refractivity contribution in [2.75, 3.05) is 13.6 Å². The van der Waals surface area contributed by atoms with E-state index in [2.05, 4.69) is 59.0 Å². The number of halogens is 1. The molecule has 4 heteroatoms. The zero-order chi connectivity index (χ0) is 13.5. The lowest BCUT2D eigenvalue weighted by Gasteiger charge is -2.17. The fourth-order valence-corrected chi connectivity index (χ4v) is 2.33. The Labute approximate surface area is 139 Å². The van der Waals surface area contributed by atoms with Crippen LogP contribution in [-0.4, -0.2) is 25.6 Å². The van der Waals surface area contributed by atoms with Gasteiger partial charge >= 0.3 is 0 Å². The topological polar surface area (TPSA) is 36.4 Å². The number of aliphatic imine (C=N–C) groups is 1. The molecule has 0 radical (unpaired) electrons. The lowest BCUT2D eigenvalue weighted by molar-refractivity contribution is 0.633. The van der Waals surface area contributed by atoms with E-state index < -0.39 is 0 Å². The zero-order valence-corrected chi connectivity index (χ0v) is 14.6. The van der Waals surface area contributed by atoms with Gasteiger partial charge in [0.05, 0.1) is 0 Å². The van der Waals surface area contributed by atoms with E-state index in [9.17, 15) is 0 Å². The molecule has 1 aromatic carbocycles. The summed E-state index contributed by atoms with van der Waals surface area (Å²) >= 11 is 0. The van der Waals surface area contributed by atoms with E-state index in [1.54, 1.807) is 0 Å². The van der Waals surface area contributed by atoms with Crippen molar-refractivity contribution in [1.29, 1.82) is 0 Å². The molecular weight excluding hydrogens is 361 g/mol. The number of benzene rings is 1. The highest BCUT2D eigenvalue weighted by Crippen LogP contribution is 2.09. The van der Waals surface area contributed by atoms with Crippen LogP contribution in [0.15, 0.2) is 41.4 Å². The molecule has 1 aromatic rings. The van der Waals surface area contributed by atoms with E-state index in [0.29, 0.717) is 6.04 Å². The molecule has 0 spiro atoms. The molecule has 0 bridgehead atoms. The maximum absolute atomic E-state index is 4.27. The Hall–Kier alpha value is -1.04. The van der Waals surface area contributed by atoms with Gasteiger partial charge in [-0.1, -0.05) is 36.4 Å². The lowest BCUT2D eigenvalue weighted by atomic mass is 10.1. The van der Waals surface area contributed by atoms with Crippen LogP contribution in [0.2, 0.25) is 0 Å². The van der Waals surface area contributed by atoms with E-state index in [-0.39, 0.29) is 24.0 Å². The van der Waals surface area contributed by atoms with Crippen LogP contribution in [0, 0.1) is 6.92 Å². The first kappa shape index (κ1) is 17.0. The van der Waals surface area contributed by atoms with E-state index in [1.807, 2.05) is 7.05 Å². The van der Waals surface area contributed by atoms with Gasteiger partial charge in [0.15, 0.2) is 5.96 Å². The summed E-state index contributed by atoms with van der Waals surface area (Å²) in [6.07, 6.45) is 7.66. The number of guanidine groups is 1. The second-order valence-electron chi connectivity index (χ2n) is 4.96. The Bertz CT molecular complexity index is 461. The maximum atomic E-state index is 4.27. The zero-order valence-electron chi connectivity index (χ0n) is 12.2. The van der Waals surface area contributed by atoms with Crippen molar-refractivity contribution in [2.45, 2.75) is 32.2 Å². The molecule has 0 unspecified atom stereocenters. The Morgan fingerprint density at radius 2 is 1.95 bits per heavy atom. The summed E-state index contributed by atoms with van der Waals surface area (Å²) in [4.78, 5) is 4.27. The van der Waals surface area contributed by atoms with Crippen LogP contribution < -0.4 is 10.6 Å². The van der Waals surface area contributed by atoms with Gasteiger partial charge in [0.25, 0.3) is 0 Å². The molecule has 2 rings (SSSR count). The van der Waals surface area contributed by atoms with Gasteiger partial charge in [0, 0.05) is 19.6 Å². The molecule has 0 saturated heterocycles. The Morgan fingerprint density at radius 1 is 1.25 bits per heavy atom. The molecule has 2 N–H and O–H groups in total. The monoisotopic (exact) mass is 385 g/mol. The summed E-state index contributed by atoms with van der Waals surface area (Å²) in [5.74, 6) is 0.905. The third-order valence-corrected chi connectivity index (χ3v) is 3.52. The van der Waals surface area contributed by atoms with Crippen molar-refractivity contribution in [3.63, 3.8) is 0 Å². The van der Waals surface area contributed by atoms with Gasteiger partial charge in [-0.15, -0.1) is 24.0 Å². The Morgan fingerprint density at radius 3 is 2.60 bits per heavy atom. The van der Waals surface area contributed by atoms with Crippen LogP contribution in [0.5, 0.6) is 0 Å². The summed E-state index contributed by atoms with van der Waals surface area (Å²) in [5.41, 5.74) is 2.75. The number of nitrogens with one attached hydrogen (secondary N) is 2. The summed E-state index contributed by atoms with van der Waals surface area (Å²) in [6, 6.07) is 9.03. The van der Waals surface area contributed by atoms with Gasteiger partial charge < -0.3 is 10.6 Å². The highest BCUT2D eigenvalue weighted by Gasteiger charge is 2.11. The second-order valence-corrected chi connectivity index (χ2v) is 4.96. The largest absolute Gasteiger partial charge is 0.356 e. The molecule has 0 aliphatic heterocycles. The molecule has 0 heterocycles. The number of nitrogens with zero attached hydrogens (tertiary/aromatic N) is 1. The number of aryl methyl sites for hydroxylation is 1. The fourth-order valence-electron chi connectivity index (χ4n) is 2.33. The first-order chi connectivity index (χ1) is 9.29. The highest BCUT2D eigenvalue weighted by molar-refractivity contribution is 14.0. The smallest absolute Gasteiger partial charge is 0.191 e. The van der Waals surface area contributed by atoms with Crippen LogP contribution >= 0.6 is 24.0 Å². The van der Waals surface area contributed by atoms with E-state index in [1.165, 1.54) is 11.1 Å².